The molecule has 78 valence electrons. The van der Waals surface area contributed by atoms with Crippen molar-refractivity contribution in [3.8, 4) is 0 Å². The van der Waals surface area contributed by atoms with Gasteiger partial charge in [0.25, 0.3) is 0 Å². The van der Waals surface area contributed by atoms with Crippen molar-refractivity contribution in [2.45, 2.75) is 45.1 Å². The van der Waals surface area contributed by atoms with Crippen molar-refractivity contribution in [3.05, 3.63) is 0 Å². The average molecular weight is 194 g/mol. The topological polar surface area (TPSA) is 26.3 Å². The van der Waals surface area contributed by atoms with E-state index >= 15 is 0 Å². The molecule has 0 aromatic carbocycles. The summed E-state index contributed by atoms with van der Waals surface area (Å²) in [4.78, 5) is 11.0. The van der Waals surface area contributed by atoms with Crippen molar-refractivity contribution in [2.24, 2.45) is 23.7 Å². The van der Waals surface area contributed by atoms with Crippen LogP contribution in [-0.4, -0.2) is 12.1 Å². The van der Waals surface area contributed by atoms with Gasteiger partial charge in [-0.2, -0.15) is 0 Å². The Balaban J connectivity index is 1.77. The van der Waals surface area contributed by atoms with Gasteiger partial charge in [-0.25, -0.2) is 0 Å². The lowest BCUT2D eigenvalue weighted by atomic mass is 9.55. The van der Waals surface area contributed by atoms with Gasteiger partial charge >= 0.3 is 5.97 Å². The zero-order valence-electron chi connectivity index (χ0n) is 8.74. The molecule has 4 aliphatic carbocycles. The number of carbonyl (C=O) groups excluding carboxylic acids is 1. The molecule has 0 N–H and O–H groups in total. The number of esters is 1. The van der Waals surface area contributed by atoms with E-state index in [1.807, 2.05) is 0 Å². The molecule has 4 aliphatic rings. The standard InChI is InChI=1S/C12H18O2/c1-7(13)14-12-10-3-8-2-9(5-10)6-11(12)4-8/h8-12H,2-6H2,1H3. The molecule has 2 nitrogen and oxygen atoms in total. The molecule has 4 fully saturated rings. The molecule has 0 spiro atoms. The van der Waals surface area contributed by atoms with Gasteiger partial charge < -0.3 is 4.74 Å². The van der Waals surface area contributed by atoms with E-state index in [1.165, 1.54) is 32.1 Å². The molecule has 0 saturated heterocycles. The normalized spacial score (nSPS) is 49.4. The van der Waals surface area contributed by atoms with Crippen LogP contribution in [0.3, 0.4) is 0 Å². The first-order valence-corrected chi connectivity index (χ1v) is 5.89. The van der Waals surface area contributed by atoms with Crippen LogP contribution in [0.2, 0.25) is 0 Å². The second kappa shape index (κ2) is 2.98. The number of ether oxygens (including phenoxy) is 1. The summed E-state index contributed by atoms with van der Waals surface area (Å²) in [7, 11) is 0. The summed E-state index contributed by atoms with van der Waals surface area (Å²) in [6, 6.07) is 0. The van der Waals surface area contributed by atoms with Crippen LogP contribution in [-0.2, 0) is 9.53 Å². The van der Waals surface area contributed by atoms with Gasteiger partial charge in [0, 0.05) is 6.92 Å². The molecule has 14 heavy (non-hydrogen) atoms. The predicted molar refractivity (Wildman–Crippen MR) is 52.6 cm³/mol. The minimum atomic E-state index is -0.0810. The van der Waals surface area contributed by atoms with E-state index in [4.69, 9.17) is 4.74 Å². The highest BCUT2D eigenvalue weighted by Gasteiger charge is 2.49. The molecule has 4 rings (SSSR count). The quantitative estimate of drug-likeness (QED) is 0.599. The zero-order chi connectivity index (χ0) is 9.71. The first-order chi connectivity index (χ1) is 6.72. The van der Waals surface area contributed by atoms with E-state index in [-0.39, 0.29) is 12.1 Å². The predicted octanol–water partition coefficient (Wildman–Crippen LogP) is 2.37. The zero-order valence-corrected chi connectivity index (χ0v) is 8.74. The van der Waals surface area contributed by atoms with Gasteiger partial charge in [-0.3, -0.25) is 4.79 Å². The number of carbonyl (C=O) groups is 1. The third kappa shape index (κ3) is 1.27. The Labute approximate surface area is 85.0 Å². The third-order valence-corrected chi connectivity index (χ3v) is 4.44. The van der Waals surface area contributed by atoms with Gasteiger partial charge in [-0.1, -0.05) is 0 Å². The highest BCUT2D eigenvalue weighted by molar-refractivity contribution is 5.66. The summed E-state index contributed by atoms with van der Waals surface area (Å²) in [5, 5.41) is 0. The minimum Gasteiger partial charge on any atom is -0.462 e. The van der Waals surface area contributed by atoms with Crippen molar-refractivity contribution in [3.63, 3.8) is 0 Å². The van der Waals surface area contributed by atoms with Gasteiger partial charge in [0.15, 0.2) is 0 Å². The second-order valence-electron chi connectivity index (χ2n) is 5.50. The van der Waals surface area contributed by atoms with Crippen molar-refractivity contribution in [2.75, 3.05) is 0 Å². The van der Waals surface area contributed by atoms with Gasteiger partial charge in [0.1, 0.15) is 6.10 Å². The largest absolute Gasteiger partial charge is 0.462 e. The summed E-state index contributed by atoms with van der Waals surface area (Å²) in [5.41, 5.74) is 0. The van der Waals surface area contributed by atoms with Gasteiger partial charge in [0.05, 0.1) is 0 Å². The Kier molecular flexibility index (Phi) is 1.86. The fourth-order valence-electron chi connectivity index (χ4n) is 4.26. The lowest BCUT2D eigenvalue weighted by Gasteiger charge is -2.53. The van der Waals surface area contributed by atoms with Crippen LogP contribution >= 0.6 is 0 Å². The first-order valence-electron chi connectivity index (χ1n) is 5.89. The van der Waals surface area contributed by atoms with Crippen molar-refractivity contribution in [1.82, 2.24) is 0 Å². The Morgan fingerprint density at radius 3 is 1.93 bits per heavy atom. The fourth-order valence-corrected chi connectivity index (χ4v) is 4.26. The maximum absolute atomic E-state index is 11.0. The molecule has 0 atom stereocenters. The van der Waals surface area contributed by atoms with Crippen molar-refractivity contribution in [1.29, 1.82) is 0 Å². The van der Waals surface area contributed by atoms with Gasteiger partial charge in [0.2, 0.25) is 0 Å². The Morgan fingerprint density at radius 2 is 1.50 bits per heavy atom. The van der Waals surface area contributed by atoms with E-state index in [0.29, 0.717) is 11.8 Å². The Morgan fingerprint density at radius 1 is 1.00 bits per heavy atom. The Bertz CT molecular complexity index is 231. The maximum atomic E-state index is 11.0. The first kappa shape index (κ1) is 8.75. The van der Waals surface area contributed by atoms with E-state index in [0.717, 1.165) is 11.8 Å². The molecule has 0 amide bonds. The lowest BCUT2D eigenvalue weighted by molar-refractivity contribution is -0.168. The molecular formula is C12H18O2. The van der Waals surface area contributed by atoms with Gasteiger partial charge in [-0.15, -0.1) is 0 Å². The fraction of sp³-hybridized carbons (Fsp3) is 0.917. The molecular weight excluding hydrogens is 176 g/mol. The summed E-state index contributed by atoms with van der Waals surface area (Å²) in [6.07, 6.45) is 7.03. The summed E-state index contributed by atoms with van der Waals surface area (Å²) >= 11 is 0. The second-order valence-corrected chi connectivity index (χ2v) is 5.50. The molecule has 0 aliphatic heterocycles. The molecule has 4 saturated carbocycles. The van der Waals surface area contributed by atoms with Crippen LogP contribution in [0.4, 0.5) is 0 Å². The van der Waals surface area contributed by atoms with E-state index in [9.17, 15) is 4.79 Å². The van der Waals surface area contributed by atoms with Crippen LogP contribution in [0.15, 0.2) is 0 Å². The highest BCUT2D eigenvalue weighted by atomic mass is 16.5. The molecule has 0 unspecified atom stereocenters. The molecule has 0 aromatic rings. The lowest BCUT2D eigenvalue weighted by Crippen LogP contribution is -2.49. The van der Waals surface area contributed by atoms with Crippen LogP contribution < -0.4 is 0 Å². The monoisotopic (exact) mass is 194 g/mol. The number of hydrogen-bond acceptors (Lipinski definition) is 2. The molecule has 2 heteroatoms. The molecule has 0 heterocycles. The molecule has 4 bridgehead atoms. The van der Waals surface area contributed by atoms with E-state index in [1.54, 1.807) is 6.92 Å². The van der Waals surface area contributed by atoms with Crippen LogP contribution in [0.25, 0.3) is 0 Å². The average Bonchev–Trinajstić information content (AvgIpc) is 2.09. The van der Waals surface area contributed by atoms with Crippen molar-refractivity contribution < 1.29 is 9.53 Å². The van der Waals surface area contributed by atoms with Gasteiger partial charge in [-0.05, 0) is 55.8 Å². The van der Waals surface area contributed by atoms with Crippen molar-refractivity contribution >= 4 is 5.97 Å². The van der Waals surface area contributed by atoms with Crippen LogP contribution in [0, 0.1) is 23.7 Å². The summed E-state index contributed by atoms with van der Waals surface area (Å²) < 4.78 is 5.49. The van der Waals surface area contributed by atoms with E-state index in [2.05, 4.69) is 0 Å². The third-order valence-electron chi connectivity index (χ3n) is 4.44. The minimum absolute atomic E-state index is 0.0810. The van der Waals surface area contributed by atoms with Crippen LogP contribution in [0.5, 0.6) is 0 Å². The maximum Gasteiger partial charge on any atom is 0.302 e. The highest BCUT2D eigenvalue weighted by Crippen LogP contribution is 2.54. The Hall–Kier alpha value is -0.530. The summed E-state index contributed by atoms with van der Waals surface area (Å²) in [6.45, 7) is 1.55. The number of hydrogen-bond donors (Lipinski definition) is 0. The van der Waals surface area contributed by atoms with Crippen LogP contribution in [0.1, 0.15) is 39.0 Å². The SMILES string of the molecule is CC(=O)OC1C2CC3CC(C2)CC1C3. The van der Waals surface area contributed by atoms with E-state index < -0.39 is 0 Å². The molecule has 0 aromatic heterocycles. The number of rotatable bonds is 1. The smallest absolute Gasteiger partial charge is 0.302 e. The summed E-state index contributed by atoms with van der Waals surface area (Å²) in [5.74, 6) is 3.25. The molecule has 0 radical (unpaired) electrons.